The van der Waals surface area contributed by atoms with Gasteiger partial charge in [0.1, 0.15) is 11.9 Å². The van der Waals surface area contributed by atoms with Crippen LogP contribution >= 0.6 is 0 Å². The van der Waals surface area contributed by atoms with Gasteiger partial charge < -0.3 is 15.5 Å². The van der Waals surface area contributed by atoms with E-state index in [2.05, 4.69) is 17.2 Å². The van der Waals surface area contributed by atoms with E-state index in [1.54, 1.807) is 18.2 Å². The Bertz CT molecular complexity index is 569. The van der Waals surface area contributed by atoms with Gasteiger partial charge in [-0.15, -0.1) is 6.58 Å². The van der Waals surface area contributed by atoms with Gasteiger partial charge in [-0.25, -0.2) is 9.18 Å². The van der Waals surface area contributed by atoms with Crippen LogP contribution in [0.25, 0.3) is 0 Å². The lowest BCUT2D eigenvalue weighted by molar-refractivity contribution is -0.123. The molecule has 1 aliphatic heterocycles. The first-order chi connectivity index (χ1) is 10.1. The summed E-state index contributed by atoms with van der Waals surface area (Å²) >= 11 is 0. The zero-order chi connectivity index (χ0) is 15.2. The molecule has 0 aromatic heterocycles. The number of rotatable bonds is 4. The predicted molar refractivity (Wildman–Crippen MR) is 78.3 cm³/mol. The second-order valence-corrected chi connectivity index (χ2v) is 4.50. The van der Waals surface area contributed by atoms with Crippen molar-refractivity contribution in [2.45, 2.75) is 6.04 Å². The maximum Gasteiger partial charge on any atom is 0.323 e. The molecule has 5 nitrogen and oxygen atoms in total. The summed E-state index contributed by atoms with van der Waals surface area (Å²) in [5.74, 6) is -0.643. The average Bonchev–Trinajstić information content (AvgIpc) is 2.96. The molecule has 0 fully saturated rings. The Hall–Kier alpha value is -2.63. The molecule has 1 atom stereocenters. The summed E-state index contributed by atoms with van der Waals surface area (Å²) in [5.41, 5.74) is 0.471. The summed E-state index contributed by atoms with van der Waals surface area (Å²) in [6, 6.07) is 4.38. The van der Waals surface area contributed by atoms with Gasteiger partial charge in [0.2, 0.25) is 5.91 Å². The molecule has 1 aromatic rings. The Balaban J connectivity index is 1.99. The number of anilines is 1. The van der Waals surface area contributed by atoms with Crippen LogP contribution in [0.4, 0.5) is 14.9 Å². The molecular formula is C15H16FN3O2. The van der Waals surface area contributed by atoms with Gasteiger partial charge in [0.25, 0.3) is 0 Å². The van der Waals surface area contributed by atoms with Gasteiger partial charge in [-0.1, -0.05) is 18.2 Å². The van der Waals surface area contributed by atoms with Crippen LogP contribution in [0.2, 0.25) is 0 Å². The van der Waals surface area contributed by atoms with E-state index >= 15 is 0 Å². The highest BCUT2D eigenvalue weighted by Gasteiger charge is 2.30. The van der Waals surface area contributed by atoms with E-state index in [1.165, 1.54) is 29.2 Å². The van der Waals surface area contributed by atoms with E-state index in [0.29, 0.717) is 18.8 Å². The minimum absolute atomic E-state index is 0.266. The number of nitrogens with one attached hydrogen (secondary N) is 2. The summed E-state index contributed by atoms with van der Waals surface area (Å²) in [5, 5.41) is 5.28. The molecular weight excluding hydrogens is 273 g/mol. The van der Waals surface area contributed by atoms with Gasteiger partial charge in [-0.05, 0) is 24.3 Å². The minimum atomic E-state index is -0.648. The third-order valence-corrected chi connectivity index (χ3v) is 3.00. The van der Waals surface area contributed by atoms with Crippen LogP contribution in [-0.2, 0) is 4.79 Å². The van der Waals surface area contributed by atoms with Gasteiger partial charge in [0.05, 0.1) is 0 Å². The van der Waals surface area contributed by atoms with Crippen LogP contribution < -0.4 is 10.6 Å². The largest absolute Gasteiger partial charge is 0.351 e. The molecule has 2 rings (SSSR count). The number of nitrogens with zero attached hydrogens (tertiary/aromatic N) is 1. The molecule has 0 spiro atoms. The number of urea groups is 1. The quantitative estimate of drug-likeness (QED) is 0.832. The number of hydrogen-bond acceptors (Lipinski definition) is 2. The molecule has 0 radical (unpaired) electrons. The minimum Gasteiger partial charge on any atom is -0.351 e. The molecule has 110 valence electrons. The molecule has 2 N–H and O–H groups in total. The molecule has 0 unspecified atom stereocenters. The fraction of sp³-hybridized carbons (Fsp3) is 0.200. The summed E-state index contributed by atoms with van der Waals surface area (Å²) in [6.45, 7) is 4.21. The van der Waals surface area contributed by atoms with Crippen molar-refractivity contribution in [3.8, 4) is 0 Å². The van der Waals surface area contributed by atoms with Crippen molar-refractivity contribution < 1.29 is 14.0 Å². The van der Waals surface area contributed by atoms with Gasteiger partial charge in [0, 0.05) is 18.8 Å². The van der Waals surface area contributed by atoms with Gasteiger partial charge in [-0.2, -0.15) is 0 Å². The fourth-order valence-electron chi connectivity index (χ4n) is 1.96. The van der Waals surface area contributed by atoms with Crippen LogP contribution in [-0.4, -0.2) is 36.0 Å². The second kappa shape index (κ2) is 6.69. The summed E-state index contributed by atoms with van der Waals surface area (Å²) in [6.07, 6.45) is 4.99. The highest BCUT2D eigenvalue weighted by Crippen LogP contribution is 2.14. The standard InChI is InChI=1S/C15H16FN3O2/c1-2-9-17-14(20)13-4-3-10-19(13)15(21)18-12-7-5-11(16)6-8-12/h2-8,13H,1,9-10H2,(H,17,20)(H,18,21)/t13-/m0/s1. The molecule has 1 aromatic carbocycles. The van der Waals surface area contributed by atoms with E-state index in [-0.39, 0.29) is 11.7 Å². The van der Waals surface area contributed by atoms with Crippen molar-refractivity contribution in [3.05, 3.63) is 54.9 Å². The Morgan fingerprint density at radius 2 is 2.10 bits per heavy atom. The number of benzene rings is 1. The Labute approximate surface area is 122 Å². The normalized spacial score (nSPS) is 16.6. The van der Waals surface area contributed by atoms with E-state index in [4.69, 9.17) is 0 Å². The highest BCUT2D eigenvalue weighted by atomic mass is 19.1. The first-order valence-corrected chi connectivity index (χ1v) is 6.50. The van der Waals surface area contributed by atoms with Crippen molar-refractivity contribution in [1.82, 2.24) is 10.2 Å². The maximum atomic E-state index is 12.8. The predicted octanol–water partition coefficient (Wildman–Crippen LogP) is 1.90. The first kappa shape index (κ1) is 14.8. The average molecular weight is 289 g/mol. The zero-order valence-electron chi connectivity index (χ0n) is 11.4. The molecule has 6 heteroatoms. The topological polar surface area (TPSA) is 61.4 Å². The highest BCUT2D eigenvalue weighted by molar-refractivity contribution is 5.95. The van der Waals surface area contributed by atoms with Gasteiger partial charge >= 0.3 is 6.03 Å². The lowest BCUT2D eigenvalue weighted by Gasteiger charge is -2.24. The number of hydrogen-bond donors (Lipinski definition) is 2. The van der Waals surface area contributed by atoms with E-state index in [9.17, 15) is 14.0 Å². The molecule has 0 saturated carbocycles. The molecule has 0 saturated heterocycles. The molecule has 0 bridgehead atoms. The molecule has 3 amide bonds. The molecule has 1 aliphatic rings. The lowest BCUT2D eigenvalue weighted by atomic mass is 10.2. The third kappa shape index (κ3) is 3.68. The second-order valence-electron chi connectivity index (χ2n) is 4.50. The zero-order valence-corrected chi connectivity index (χ0v) is 11.4. The molecule has 21 heavy (non-hydrogen) atoms. The van der Waals surface area contributed by atoms with Crippen LogP contribution in [0.5, 0.6) is 0 Å². The Morgan fingerprint density at radius 3 is 2.76 bits per heavy atom. The van der Waals surface area contributed by atoms with E-state index < -0.39 is 12.1 Å². The molecule has 0 aliphatic carbocycles. The Kier molecular flexibility index (Phi) is 4.71. The SMILES string of the molecule is C=CCNC(=O)[C@@H]1C=CCN1C(=O)Nc1ccc(F)cc1. The lowest BCUT2D eigenvalue weighted by Crippen LogP contribution is -2.47. The van der Waals surface area contributed by atoms with E-state index in [1.807, 2.05) is 0 Å². The summed E-state index contributed by atoms with van der Waals surface area (Å²) in [4.78, 5) is 25.5. The monoisotopic (exact) mass is 289 g/mol. The van der Waals surface area contributed by atoms with Gasteiger partial charge in [0.15, 0.2) is 0 Å². The van der Waals surface area contributed by atoms with Crippen molar-refractivity contribution in [2.24, 2.45) is 0 Å². The van der Waals surface area contributed by atoms with Crippen molar-refractivity contribution >= 4 is 17.6 Å². The Morgan fingerprint density at radius 1 is 1.38 bits per heavy atom. The van der Waals surface area contributed by atoms with Crippen molar-refractivity contribution in [2.75, 3.05) is 18.4 Å². The first-order valence-electron chi connectivity index (χ1n) is 6.50. The van der Waals surface area contributed by atoms with Crippen LogP contribution in [0.3, 0.4) is 0 Å². The van der Waals surface area contributed by atoms with Crippen molar-refractivity contribution in [3.63, 3.8) is 0 Å². The van der Waals surface area contributed by atoms with Crippen LogP contribution in [0.1, 0.15) is 0 Å². The van der Waals surface area contributed by atoms with Crippen molar-refractivity contribution in [1.29, 1.82) is 0 Å². The number of carbonyl (C=O) groups is 2. The van der Waals surface area contributed by atoms with Crippen LogP contribution in [0.15, 0.2) is 49.1 Å². The number of halogens is 1. The number of carbonyl (C=O) groups excluding carboxylic acids is 2. The number of amides is 3. The maximum absolute atomic E-state index is 12.8. The van der Waals surface area contributed by atoms with Crippen LogP contribution in [0, 0.1) is 5.82 Å². The smallest absolute Gasteiger partial charge is 0.323 e. The summed E-state index contributed by atoms with van der Waals surface area (Å²) < 4.78 is 12.8. The fourth-order valence-corrected chi connectivity index (χ4v) is 1.96. The van der Waals surface area contributed by atoms with E-state index in [0.717, 1.165) is 0 Å². The molecule has 1 heterocycles. The third-order valence-electron chi connectivity index (χ3n) is 3.00. The summed E-state index contributed by atoms with van der Waals surface area (Å²) in [7, 11) is 0. The van der Waals surface area contributed by atoms with Gasteiger partial charge in [-0.3, -0.25) is 4.79 Å².